The van der Waals surface area contributed by atoms with Crippen LogP contribution in [0.2, 0.25) is 5.02 Å². The van der Waals surface area contributed by atoms with Crippen LogP contribution >= 0.6 is 11.6 Å². The molecule has 0 spiro atoms. The number of carbonyl (C=O) groups is 1. The summed E-state index contributed by atoms with van der Waals surface area (Å²) >= 11 is 5.98. The Kier molecular flexibility index (Phi) is 4.50. The second kappa shape index (κ2) is 5.46. The number of hydrogen-bond donors (Lipinski definition) is 0. The van der Waals surface area contributed by atoms with Crippen molar-refractivity contribution in [2.24, 2.45) is 5.92 Å². The molecule has 4 nitrogen and oxygen atoms in total. The Morgan fingerprint density at radius 2 is 2.19 bits per heavy atom. The van der Waals surface area contributed by atoms with Gasteiger partial charge < -0.3 is 4.90 Å². The molecule has 1 aromatic rings. The molecule has 0 aliphatic heterocycles. The van der Waals surface area contributed by atoms with Crippen molar-refractivity contribution in [2.45, 2.75) is 20.4 Å². The van der Waals surface area contributed by atoms with Gasteiger partial charge in [0.15, 0.2) is 5.78 Å². The van der Waals surface area contributed by atoms with Crippen LogP contribution < -0.4 is 0 Å². The van der Waals surface area contributed by atoms with E-state index in [4.69, 9.17) is 11.6 Å². The minimum absolute atomic E-state index is 0.0428. The van der Waals surface area contributed by atoms with Crippen molar-refractivity contribution in [3.8, 4) is 0 Å². The second-order valence-corrected chi connectivity index (χ2v) is 4.79. The summed E-state index contributed by atoms with van der Waals surface area (Å²) in [6.45, 7) is 5.23. The van der Waals surface area contributed by atoms with Gasteiger partial charge in [-0.15, -0.1) is 0 Å². The summed E-state index contributed by atoms with van der Waals surface area (Å²) in [5, 5.41) is 4.57. The first-order valence-corrected chi connectivity index (χ1v) is 5.71. The average Bonchev–Trinajstić information content (AvgIpc) is 2.55. The van der Waals surface area contributed by atoms with E-state index in [1.54, 1.807) is 4.68 Å². The summed E-state index contributed by atoms with van der Waals surface area (Å²) < 4.78 is 1.69. The molecule has 0 saturated carbocycles. The number of likely N-dealkylation sites (N-methyl/N-ethyl adjacent to an activating group) is 1. The van der Waals surface area contributed by atoms with Crippen LogP contribution in [0.1, 0.15) is 24.3 Å². The number of halogens is 1. The highest BCUT2D eigenvalue weighted by Gasteiger charge is 2.19. The Morgan fingerprint density at radius 3 is 2.69 bits per heavy atom. The SMILES string of the molecule is CC(C)C(=O)c1c(Cl)cnn1CCN(C)C. The highest BCUT2D eigenvalue weighted by Crippen LogP contribution is 2.18. The van der Waals surface area contributed by atoms with Gasteiger partial charge >= 0.3 is 0 Å². The summed E-state index contributed by atoms with van der Waals surface area (Å²) in [7, 11) is 3.96. The number of aromatic nitrogens is 2. The Bertz CT molecular complexity index is 371. The van der Waals surface area contributed by atoms with E-state index in [0.717, 1.165) is 6.54 Å². The van der Waals surface area contributed by atoms with Crippen molar-refractivity contribution in [1.82, 2.24) is 14.7 Å². The maximum atomic E-state index is 11.9. The first kappa shape index (κ1) is 13.2. The van der Waals surface area contributed by atoms with Gasteiger partial charge in [-0.05, 0) is 14.1 Å². The van der Waals surface area contributed by atoms with Gasteiger partial charge in [0.25, 0.3) is 0 Å². The molecule has 0 amide bonds. The smallest absolute Gasteiger partial charge is 0.184 e. The molecule has 0 unspecified atom stereocenters. The maximum Gasteiger partial charge on any atom is 0.184 e. The molecule has 0 saturated heterocycles. The fraction of sp³-hybridized carbons (Fsp3) is 0.636. The van der Waals surface area contributed by atoms with Crippen LogP contribution in [0.3, 0.4) is 0 Å². The molecular formula is C11H18ClN3O. The van der Waals surface area contributed by atoms with Gasteiger partial charge in [0.1, 0.15) is 5.69 Å². The summed E-state index contributed by atoms with van der Waals surface area (Å²) in [5.41, 5.74) is 0.526. The largest absolute Gasteiger partial charge is 0.308 e. The molecule has 1 aromatic heterocycles. The minimum atomic E-state index is -0.0627. The quantitative estimate of drug-likeness (QED) is 0.742. The topological polar surface area (TPSA) is 38.1 Å². The number of Topliss-reactive ketones (excluding diaryl/α,β-unsaturated/α-hetero) is 1. The molecule has 0 N–H and O–H groups in total. The van der Waals surface area contributed by atoms with Crippen molar-refractivity contribution in [3.05, 3.63) is 16.9 Å². The molecule has 0 aliphatic carbocycles. The van der Waals surface area contributed by atoms with Gasteiger partial charge in [0.05, 0.1) is 17.8 Å². The zero-order valence-corrected chi connectivity index (χ0v) is 11.0. The Balaban J connectivity index is 2.90. The zero-order chi connectivity index (χ0) is 12.3. The minimum Gasteiger partial charge on any atom is -0.308 e. The number of ketones is 1. The first-order valence-electron chi connectivity index (χ1n) is 5.33. The van der Waals surface area contributed by atoms with Crippen LogP contribution in [-0.4, -0.2) is 41.1 Å². The van der Waals surface area contributed by atoms with Gasteiger partial charge in [-0.2, -0.15) is 5.10 Å². The number of hydrogen-bond acceptors (Lipinski definition) is 3. The Morgan fingerprint density at radius 1 is 1.56 bits per heavy atom. The molecule has 90 valence electrons. The number of carbonyl (C=O) groups excluding carboxylic acids is 1. The lowest BCUT2D eigenvalue weighted by molar-refractivity contribution is 0.0928. The molecule has 1 rings (SSSR count). The van der Waals surface area contributed by atoms with Crippen LogP contribution in [0.25, 0.3) is 0 Å². The van der Waals surface area contributed by atoms with E-state index in [9.17, 15) is 4.79 Å². The molecule has 0 bridgehead atoms. The molecule has 0 atom stereocenters. The van der Waals surface area contributed by atoms with Crippen molar-refractivity contribution in [1.29, 1.82) is 0 Å². The van der Waals surface area contributed by atoms with E-state index in [1.165, 1.54) is 6.20 Å². The summed E-state index contributed by atoms with van der Waals surface area (Å²) in [6, 6.07) is 0. The van der Waals surface area contributed by atoms with Gasteiger partial charge in [0, 0.05) is 12.5 Å². The molecule has 0 aliphatic rings. The number of rotatable bonds is 5. The lowest BCUT2D eigenvalue weighted by atomic mass is 10.1. The predicted octanol–water partition coefficient (Wildman–Crippen LogP) is 1.94. The molecule has 0 radical (unpaired) electrons. The Hall–Kier alpha value is -0.870. The molecule has 1 heterocycles. The normalized spacial score (nSPS) is 11.4. The van der Waals surface area contributed by atoms with Crippen LogP contribution in [-0.2, 0) is 6.54 Å². The van der Waals surface area contributed by atoms with Gasteiger partial charge in [-0.25, -0.2) is 0 Å². The molecule has 16 heavy (non-hydrogen) atoms. The first-order chi connectivity index (χ1) is 7.43. The highest BCUT2D eigenvalue weighted by atomic mass is 35.5. The second-order valence-electron chi connectivity index (χ2n) is 4.39. The van der Waals surface area contributed by atoms with Gasteiger partial charge in [-0.1, -0.05) is 25.4 Å². The molecule has 0 fully saturated rings. The van der Waals surface area contributed by atoms with Gasteiger partial charge in [-0.3, -0.25) is 9.48 Å². The fourth-order valence-electron chi connectivity index (χ4n) is 1.35. The van der Waals surface area contributed by atoms with Crippen molar-refractivity contribution in [3.63, 3.8) is 0 Å². The standard InChI is InChI=1S/C11H18ClN3O/c1-8(2)11(16)10-9(12)7-13-15(10)6-5-14(3)4/h7-8H,5-6H2,1-4H3. The Labute approximate surface area is 101 Å². The van der Waals surface area contributed by atoms with Crippen LogP contribution in [0.5, 0.6) is 0 Å². The van der Waals surface area contributed by atoms with Crippen molar-refractivity contribution in [2.75, 3.05) is 20.6 Å². The average molecular weight is 244 g/mol. The van der Waals surface area contributed by atoms with Gasteiger partial charge in [0.2, 0.25) is 0 Å². The lowest BCUT2D eigenvalue weighted by Gasteiger charge is -2.12. The third kappa shape index (κ3) is 3.06. The summed E-state index contributed by atoms with van der Waals surface area (Å²) in [6.07, 6.45) is 1.53. The molecule has 5 heteroatoms. The fourth-order valence-corrected chi connectivity index (χ4v) is 1.58. The third-order valence-corrected chi connectivity index (χ3v) is 2.59. The summed E-state index contributed by atoms with van der Waals surface area (Å²) in [5.74, 6) is -0.0198. The van der Waals surface area contributed by atoms with Crippen molar-refractivity contribution >= 4 is 17.4 Å². The monoisotopic (exact) mass is 243 g/mol. The van der Waals surface area contributed by atoms with E-state index in [0.29, 0.717) is 17.3 Å². The molecule has 0 aromatic carbocycles. The lowest BCUT2D eigenvalue weighted by Crippen LogP contribution is -2.22. The van der Waals surface area contributed by atoms with Crippen LogP contribution in [0.15, 0.2) is 6.20 Å². The van der Waals surface area contributed by atoms with E-state index < -0.39 is 0 Å². The van der Waals surface area contributed by atoms with Crippen LogP contribution in [0.4, 0.5) is 0 Å². The van der Waals surface area contributed by atoms with Crippen molar-refractivity contribution < 1.29 is 4.79 Å². The number of nitrogens with zero attached hydrogens (tertiary/aromatic N) is 3. The van der Waals surface area contributed by atoms with E-state index in [2.05, 4.69) is 5.10 Å². The summed E-state index contributed by atoms with van der Waals surface area (Å²) in [4.78, 5) is 14.0. The zero-order valence-electron chi connectivity index (χ0n) is 10.2. The van der Waals surface area contributed by atoms with E-state index >= 15 is 0 Å². The molecular weight excluding hydrogens is 226 g/mol. The maximum absolute atomic E-state index is 11.9. The highest BCUT2D eigenvalue weighted by molar-refractivity contribution is 6.33. The third-order valence-electron chi connectivity index (χ3n) is 2.31. The van der Waals surface area contributed by atoms with E-state index in [1.807, 2.05) is 32.8 Å². The van der Waals surface area contributed by atoms with Crippen LogP contribution in [0, 0.1) is 5.92 Å². The van der Waals surface area contributed by atoms with E-state index in [-0.39, 0.29) is 11.7 Å². The predicted molar refractivity (Wildman–Crippen MR) is 65.0 cm³/mol.